The van der Waals surface area contributed by atoms with Gasteiger partial charge in [-0.15, -0.1) is 0 Å². The molecule has 4 heteroatoms. The van der Waals surface area contributed by atoms with Crippen LogP contribution in [0.15, 0.2) is 53.0 Å². The van der Waals surface area contributed by atoms with Crippen LogP contribution in [0.4, 0.5) is 5.69 Å². The molecular formula is C17H19BrN2S. The molecule has 0 amide bonds. The second-order valence-electron chi connectivity index (χ2n) is 4.98. The second kappa shape index (κ2) is 7.57. The van der Waals surface area contributed by atoms with Gasteiger partial charge in [-0.2, -0.15) is 0 Å². The molecule has 2 N–H and O–H groups in total. The molecule has 0 fully saturated rings. The number of halogens is 1. The van der Waals surface area contributed by atoms with Crippen molar-refractivity contribution in [1.82, 2.24) is 5.32 Å². The van der Waals surface area contributed by atoms with Crippen LogP contribution in [-0.2, 0) is 0 Å². The molecule has 1 atom stereocenters. The molecule has 0 spiro atoms. The largest absolute Gasteiger partial charge is 0.356 e. The quantitative estimate of drug-likeness (QED) is 0.731. The van der Waals surface area contributed by atoms with Crippen LogP contribution >= 0.6 is 28.1 Å². The molecule has 0 heterocycles. The van der Waals surface area contributed by atoms with Gasteiger partial charge in [-0.05, 0) is 55.4 Å². The van der Waals surface area contributed by atoms with E-state index in [2.05, 4.69) is 64.7 Å². The van der Waals surface area contributed by atoms with E-state index in [0.717, 1.165) is 16.6 Å². The van der Waals surface area contributed by atoms with Gasteiger partial charge in [-0.25, -0.2) is 0 Å². The van der Waals surface area contributed by atoms with Gasteiger partial charge in [0.25, 0.3) is 0 Å². The number of thiocarbonyl (C=S) groups is 1. The third-order valence-corrected chi connectivity index (χ3v) is 4.04. The van der Waals surface area contributed by atoms with Crippen LogP contribution in [-0.4, -0.2) is 5.11 Å². The SMILES string of the molecule is CCC(NC(=S)Nc1ccc(Br)cc1)c1ccc(C)cc1. The monoisotopic (exact) mass is 362 g/mol. The molecule has 2 nitrogen and oxygen atoms in total. The maximum Gasteiger partial charge on any atom is 0.171 e. The molecule has 0 radical (unpaired) electrons. The fourth-order valence-electron chi connectivity index (χ4n) is 2.08. The summed E-state index contributed by atoms with van der Waals surface area (Å²) in [6.45, 7) is 4.25. The summed E-state index contributed by atoms with van der Waals surface area (Å²) >= 11 is 8.83. The standard InChI is InChI=1S/C17H19BrN2S/c1-3-16(13-6-4-12(2)5-7-13)20-17(21)19-15-10-8-14(18)9-11-15/h4-11,16H,3H2,1-2H3,(H2,19,20,21). The van der Waals surface area contributed by atoms with Gasteiger partial charge in [-0.1, -0.05) is 52.7 Å². The zero-order chi connectivity index (χ0) is 15.2. The van der Waals surface area contributed by atoms with E-state index < -0.39 is 0 Å². The summed E-state index contributed by atoms with van der Waals surface area (Å²) in [5.41, 5.74) is 3.50. The van der Waals surface area contributed by atoms with E-state index in [9.17, 15) is 0 Å². The van der Waals surface area contributed by atoms with Crippen LogP contribution in [0.1, 0.15) is 30.5 Å². The first-order valence-corrected chi connectivity index (χ1v) is 8.18. The zero-order valence-electron chi connectivity index (χ0n) is 12.2. The molecule has 2 rings (SSSR count). The number of aryl methyl sites for hydroxylation is 1. The van der Waals surface area contributed by atoms with Gasteiger partial charge in [0.05, 0.1) is 6.04 Å². The van der Waals surface area contributed by atoms with Crippen molar-refractivity contribution in [1.29, 1.82) is 0 Å². The number of anilines is 1. The highest BCUT2D eigenvalue weighted by molar-refractivity contribution is 9.10. The molecule has 1 unspecified atom stereocenters. The Balaban J connectivity index is 1.99. The minimum absolute atomic E-state index is 0.223. The number of hydrogen-bond donors (Lipinski definition) is 2. The van der Waals surface area contributed by atoms with Gasteiger partial charge in [0, 0.05) is 10.2 Å². The molecule has 2 aromatic rings. The first kappa shape index (κ1) is 16.0. The molecule has 0 aliphatic rings. The Morgan fingerprint density at radius 1 is 1.10 bits per heavy atom. The lowest BCUT2D eigenvalue weighted by atomic mass is 10.0. The fraction of sp³-hybridized carbons (Fsp3) is 0.235. The maximum absolute atomic E-state index is 5.40. The third-order valence-electron chi connectivity index (χ3n) is 3.30. The molecule has 0 aromatic heterocycles. The minimum atomic E-state index is 0.223. The summed E-state index contributed by atoms with van der Waals surface area (Å²) < 4.78 is 1.05. The van der Waals surface area contributed by atoms with Crippen LogP contribution in [0, 0.1) is 6.92 Å². The number of nitrogens with one attached hydrogen (secondary N) is 2. The summed E-state index contributed by atoms with van der Waals surface area (Å²) in [6.07, 6.45) is 0.977. The molecule has 110 valence electrons. The number of rotatable bonds is 4. The Kier molecular flexibility index (Phi) is 5.76. The van der Waals surface area contributed by atoms with Crippen molar-refractivity contribution in [3.05, 3.63) is 64.1 Å². The van der Waals surface area contributed by atoms with Crippen LogP contribution < -0.4 is 10.6 Å². The highest BCUT2D eigenvalue weighted by Crippen LogP contribution is 2.18. The Hall–Kier alpha value is -1.39. The van der Waals surface area contributed by atoms with E-state index in [-0.39, 0.29) is 6.04 Å². The molecule has 0 saturated carbocycles. The lowest BCUT2D eigenvalue weighted by Gasteiger charge is -2.20. The lowest BCUT2D eigenvalue weighted by molar-refractivity contribution is 0.629. The fourth-order valence-corrected chi connectivity index (χ4v) is 2.60. The van der Waals surface area contributed by atoms with Crippen molar-refractivity contribution < 1.29 is 0 Å². The molecule has 0 aliphatic carbocycles. The van der Waals surface area contributed by atoms with E-state index in [1.807, 2.05) is 24.3 Å². The minimum Gasteiger partial charge on any atom is -0.356 e. The van der Waals surface area contributed by atoms with Crippen molar-refractivity contribution in [3.8, 4) is 0 Å². The Labute approximate surface area is 140 Å². The molecule has 0 saturated heterocycles. The van der Waals surface area contributed by atoms with Crippen LogP contribution in [0.25, 0.3) is 0 Å². The van der Waals surface area contributed by atoms with Crippen LogP contribution in [0.2, 0.25) is 0 Å². The summed E-state index contributed by atoms with van der Waals surface area (Å²) in [6, 6.07) is 16.7. The average molecular weight is 363 g/mol. The van der Waals surface area contributed by atoms with Gasteiger partial charge >= 0.3 is 0 Å². The van der Waals surface area contributed by atoms with Crippen LogP contribution in [0.3, 0.4) is 0 Å². The van der Waals surface area contributed by atoms with E-state index in [4.69, 9.17) is 12.2 Å². The summed E-state index contributed by atoms with van der Waals surface area (Å²) in [7, 11) is 0. The molecule has 0 aliphatic heterocycles. The number of hydrogen-bond acceptors (Lipinski definition) is 1. The molecule has 0 bridgehead atoms. The molecule has 2 aromatic carbocycles. The molecular weight excluding hydrogens is 344 g/mol. The van der Waals surface area contributed by atoms with Gasteiger partial charge in [-0.3, -0.25) is 0 Å². The maximum atomic E-state index is 5.40. The second-order valence-corrected chi connectivity index (χ2v) is 6.30. The summed E-state index contributed by atoms with van der Waals surface area (Å²) in [5.74, 6) is 0. The summed E-state index contributed by atoms with van der Waals surface area (Å²) in [5, 5.41) is 7.23. The van der Waals surface area contributed by atoms with Crippen molar-refractivity contribution >= 4 is 38.9 Å². The van der Waals surface area contributed by atoms with E-state index in [1.165, 1.54) is 11.1 Å². The van der Waals surface area contributed by atoms with E-state index in [0.29, 0.717) is 5.11 Å². The molecule has 21 heavy (non-hydrogen) atoms. The third kappa shape index (κ3) is 4.83. The predicted octanol–water partition coefficient (Wildman–Crippen LogP) is 5.20. The van der Waals surface area contributed by atoms with Gasteiger partial charge in [0.1, 0.15) is 0 Å². The van der Waals surface area contributed by atoms with Gasteiger partial charge in [0.15, 0.2) is 5.11 Å². The lowest BCUT2D eigenvalue weighted by Crippen LogP contribution is -2.32. The van der Waals surface area contributed by atoms with Gasteiger partial charge in [0.2, 0.25) is 0 Å². The highest BCUT2D eigenvalue weighted by atomic mass is 79.9. The Bertz CT molecular complexity index is 593. The van der Waals surface area contributed by atoms with Crippen LogP contribution in [0.5, 0.6) is 0 Å². The van der Waals surface area contributed by atoms with E-state index in [1.54, 1.807) is 0 Å². The number of benzene rings is 2. The first-order chi connectivity index (χ1) is 10.1. The topological polar surface area (TPSA) is 24.1 Å². The van der Waals surface area contributed by atoms with Crippen molar-refractivity contribution in [2.45, 2.75) is 26.3 Å². The zero-order valence-corrected chi connectivity index (χ0v) is 14.6. The van der Waals surface area contributed by atoms with Gasteiger partial charge < -0.3 is 10.6 Å². The summed E-state index contributed by atoms with van der Waals surface area (Å²) in [4.78, 5) is 0. The average Bonchev–Trinajstić information content (AvgIpc) is 2.48. The Morgan fingerprint density at radius 2 is 1.71 bits per heavy atom. The Morgan fingerprint density at radius 3 is 2.29 bits per heavy atom. The smallest absolute Gasteiger partial charge is 0.171 e. The van der Waals surface area contributed by atoms with Crippen molar-refractivity contribution in [2.75, 3.05) is 5.32 Å². The van der Waals surface area contributed by atoms with Crippen molar-refractivity contribution in [3.63, 3.8) is 0 Å². The normalized spacial score (nSPS) is 11.8. The first-order valence-electron chi connectivity index (χ1n) is 6.98. The van der Waals surface area contributed by atoms with E-state index >= 15 is 0 Å². The van der Waals surface area contributed by atoms with Crippen molar-refractivity contribution in [2.24, 2.45) is 0 Å². The highest BCUT2D eigenvalue weighted by Gasteiger charge is 2.10. The predicted molar refractivity (Wildman–Crippen MR) is 97.7 cm³/mol.